The summed E-state index contributed by atoms with van der Waals surface area (Å²) < 4.78 is 2.06. The lowest BCUT2D eigenvalue weighted by Gasteiger charge is -2.23. The third-order valence-electron chi connectivity index (χ3n) is 5.15. The molecular weight excluding hydrogens is 384 g/mol. The van der Waals surface area contributed by atoms with E-state index in [0.717, 1.165) is 17.1 Å². The normalized spacial score (nSPS) is 24.3. The lowest BCUT2D eigenvalue weighted by Crippen LogP contribution is -2.23. The first kappa shape index (κ1) is 18.3. The van der Waals surface area contributed by atoms with Gasteiger partial charge in [-0.05, 0) is 43.4 Å². The highest BCUT2D eigenvalue weighted by Crippen LogP contribution is 2.52. The Morgan fingerprint density at radius 2 is 1.93 bits per heavy atom. The van der Waals surface area contributed by atoms with Crippen LogP contribution in [0.1, 0.15) is 48.9 Å². The van der Waals surface area contributed by atoms with Gasteiger partial charge < -0.3 is 5.11 Å². The van der Waals surface area contributed by atoms with Gasteiger partial charge in [-0.15, -0.1) is 22.0 Å². The second-order valence-corrected chi connectivity index (χ2v) is 8.60. The number of nitrogens with zero attached hydrogens (tertiary/aromatic N) is 4. The number of carboxylic acids is 1. The van der Waals surface area contributed by atoms with Gasteiger partial charge in [-0.3, -0.25) is 14.4 Å². The maximum Gasteiger partial charge on any atom is 0.306 e. The molecule has 2 aliphatic heterocycles. The maximum atomic E-state index is 11.5. The van der Waals surface area contributed by atoms with Crippen LogP contribution in [0, 0.1) is 12.8 Å². The number of carbonyl (C=O) groups is 1. The number of hydrogen-bond donors (Lipinski definition) is 1. The number of thioether (sulfide) groups is 1. The number of hydrogen-bond acceptors (Lipinski definition) is 5. The fourth-order valence-electron chi connectivity index (χ4n) is 3.73. The van der Waals surface area contributed by atoms with E-state index in [1.165, 1.54) is 10.5 Å². The third-order valence-corrected chi connectivity index (χ3v) is 6.80. The second kappa shape index (κ2) is 6.80. The van der Waals surface area contributed by atoms with Crippen LogP contribution in [0.15, 0.2) is 39.7 Å². The van der Waals surface area contributed by atoms with Crippen LogP contribution in [0.5, 0.6) is 0 Å². The molecule has 6 nitrogen and oxygen atoms in total. The summed E-state index contributed by atoms with van der Waals surface area (Å²) >= 11 is 7.83. The molecule has 2 aromatic rings. The maximum absolute atomic E-state index is 11.5. The average Bonchev–Trinajstić information content (AvgIpc) is 3.08. The molecule has 27 heavy (non-hydrogen) atoms. The number of aryl methyl sites for hydroxylation is 1. The molecule has 0 radical (unpaired) electrons. The highest BCUT2D eigenvalue weighted by Gasteiger charge is 2.42. The van der Waals surface area contributed by atoms with E-state index in [1.807, 2.05) is 31.2 Å². The fourth-order valence-corrected chi connectivity index (χ4v) is 5.36. The van der Waals surface area contributed by atoms with E-state index in [9.17, 15) is 9.90 Å². The summed E-state index contributed by atoms with van der Waals surface area (Å²) in [5.41, 5.74) is 3.08. The molecule has 0 aliphatic carbocycles. The summed E-state index contributed by atoms with van der Waals surface area (Å²) in [4.78, 5) is 17.7. The first-order chi connectivity index (χ1) is 12.9. The Bertz CT molecular complexity index is 980. The molecule has 0 bridgehead atoms. The van der Waals surface area contributed by atoms with Gasteiger partial charge >= 0.3 is 5.97 Å². The highest BCUT2D eigenvalue weighted by atomic mass is 35.5. The van der Waals surface area contributed by atoms with E-state index >= 15 is 0 Å². The van der Waals surface area contributed by atoms with E-state index in [0.29, 0.717) is 10.8 Å². The molecule has 0 amide bonds. The standard InChI is InChI=1S/C19H19ClN4O2S/c1-9-10(2)27-19-16(9)17(12-4-6-13(20)7-5-12)21-14(8-15(25)26)18-23-22-11(3)24(18)19/h4-7,14,16,19H,8H2,1-3H3,(H,25,26)/t14-,16?,19?/m0/s1. The van der Waals surface area contributed by atoms with E-state index in [4.69, 9.17) is 16.6 Å². The van der Waals surface area contributed by atoms with Crippen LogP contribution in [0.4, 0.5) is 0 Å². The van der Waals surface area contributed by atoms with E-state index < -0.39 is 12.0 Å². The first-order valence-electron chi connectivity index (χ1n) is 8.67. The first-order valence-corrected chi connectivity index (χ1v) is 9.93. The summed E-state index contributed by atoms with van der Waals surface area (Å²) in [5, 5.41) is 18.6. The van der Waals surface area contributed by atoms with Crippen LogP contribution in [0.25, 0.3) is 0 Å². The molecule has 1 aromatic heterocycles. The third kappa shape index (κ3) is 3.08. The van der Waals surface area contributed by atoms with Crippen molar-refractivity contribution in [1.29, 1.82) is 0 Å². The Morgan fingerprint density at radius 3 is 2.59 bits per heavy atom. The van der Waals surface area contributed by atoms with Crippen molar-refractivity contribution < 1.29 is 9.90 Å². The molecule has 1 aromatic carbocycles. The van der Waals surface area contributed by atoms with Crippen LogP contribution in [0.2, 0.25) is 5.02 Å². The zero-order chi connectivity index (χ0) is 19.3. The molecule has 3 heterocycles. The summed E-state index contributed by atoms with van der Waals surface area (Å²) in [5.74, 6) is 0.514. The Labute approximate surface area is 166 Å². The van der Waals surface area contributed by atoms with Gasteiger partial charge in [0.25, 0.3) is 0 Å². The van der Waals surface area contributed by atoms with Crippen molar-refractivity contribution in [3.63, 3.8) is 0 Å². The summed E-state index contributed by atoms with van der Waals surface area (Å²) in [6.45, 7) is 6.14. The number of carboxylic acid groups (broad SMARTS) is 1. The molecule has 0 saturated carbocycles. The molecular formula is C19H19ClN4O2S. The molecule has 2 aliphatic rings. The minimum Gasteiger partial charge on any atom is -0.481 e. The monoisotopic (exact) mass is 402 g/mol. The van der Waals surface area contributed by atoms with Crippen molar-refractivity contribution in [1.82, 2.24) is 14.8 Å². The van der Waals surface area contributed by atoms with Gasteiger partial charge in [0, 0.05) is 5.02 Å². The van der Waals surface area contributed by atoms with Gasteiger partial charge in [0.2, 0.25) is 0 Å². The lowest BCUT2D eigenvalue weighted by atomic mass is 9.90. The van der Waals surface area contributed by atoms with Gasteiger partial charge in [-0.2, -0.15) is 0 Å². The summed E-state index contributed by atoms with van der Waals surface area (Å²) in [7, 11) is 0. The van der Waals surface area contributed by atoms with Crippen LogP contribution in [0.3, 0.4) is 0 Å². The molecule has 140 valence electrons. The largest absolute Gasteiger partial charge is 0.481 e. The number of allylic oxidation sites excluding steroid dienone is 2. The number of aliphatic imine (C=N–C) groups is 1. The second-order valence-electron chi connectivity index (χ2n) is 6.84. The zero-order valence-corrected chi connectivity index (χ0v) is 16.8. The van der Waals surface area contributed by atoms with Crippen molar-refractivity contribution in [3.8, 4) is 0 Å². The number of fused-ring (bicyclic) bond motifs is 3. The molecule has 1 N–H and O–H groups in total. The van der Waals surface area contributed by atoms with Crippen LogP contribution in [-0.4, -0.2) is 31.6 Å². The van der Waals surface area contributed by atoms with Crippen molar-refractivity contribution in [2.75, 3.05) is 0 Å². The van der Waals surface area contributed by atoms with Gasteiger partial charge in [0.05, 0.1) is 23.4 Å². The predicted octanol–water partition coefficient (Wildman–Crippen LogP) is 4.41. The van der Waals surface area contributed by atoms with Crippen molar-refractivity contribution >= 4 is 35.0 Å². The quantitative estimate of drug-likeness (QED) is 0.822. The van der Waals surface area contributed by atoms with Crippen molar-refractivity contribution in [3.05, 3.63) is 57.0 Å². The van der Waals surface area contributed by atoms with E-state index in [1.54, 1.807) is 11.8 Å². The summed E-state index contributed by atoms with van der Waals surface area (Å²) in [6, 6.07) is 6.99. The molecule has 4 rings (SSSR count). The zero-order valence-electron chi connectivity index (χ0n) is 15.2. The minimum atomic E-state index is -0.908. The molecule has 0 saturated heterocycles. The Balaban J connectivity index is 1.94. The Hall–Kier alpha value is -2.12. The van der Waals surface area contributed by atoms with E-state index in [2.05, 4.69) is 28.6 Å². The number of benzene rings is 1. The van der Waals surface area contributed by atoms with Gasteiger partial charge in [-0.1, -0.05) is 29.3 Å². The number of rotatable bonds is 3. The smallest absolute Gasteiger partial charge is 0.306 e. The van der Waals surface area contributed by atoms with Crippen molar-refractivity contribution in [2.45, 2.75) is 38.6 Å². The van der Waals surface area contributed by atoms with E-state index in [-0.39, 0.29) is 17.7 Å². The SMILES string of the molecule is CC1=C(C)C2C(c3ccc(Cl)cc3)=N[C@@H](CC(=O)O)c3nnc(C)n3C2S1. The van der Waals surface area contributed by atoms with Gasteiger partial charge in [0.1, 0.15) is 11.9 Å². The molecule has 3 atom stereocenters. The molecule has 0 spiro atoms. The summed E-state index contributed by atoms with van der Waals surface area (Å²) in [6.07, 6.45) is -0.124. The van der Waals surface area contributed by atoms with Crippen LogP contribution < -0.4 is 0 Å². The van der Waals surface area contributed by atoms with Crippen LogP contribution in [-0.2, 0) is 4.79 Å². The average molecular weight is 403 g/mol. The lowest BCUT2D eigenvalue weighted by molar-refractivity contribution is -0.137. The number of aromatic nitrogens is 3. The minimum absolute atomic E-state index is 0.0308. The predicted molar refractivity (Wildman–Crippen MR) is 106 cm³/mol. The fraction of sp³-hybridized carbons (Fsp3) is 0.368. The van der Waals surface area contributed by atoms with Gasteiger partial charge in [0.15, 0.2) is 5.82 Å². The number of halogens is 1. The highest BCUT2D eigenvalue weighted by molar-refractivity contribution is 8.03. The molecule has 2 unspecified atom stereocenters. The van der Waals surface area contributed by atoms with Crippen molar-refractivity contribution in [2.24, 2.45) is 10.9 Å². The Morgan fingerprint density at radius 1 is 1.22 bits per heavy atom. The molecule has 8 heteroatoms. The Kier molecular flexibility index (Phi) is 4.60. The van der Waals surface area contributed by atoms with Crippen LogP contribution >= 0.6 is 23.4 Å². The topological polar surface area (TPSA) is 80.4 Å². The number of aliphatic carboxylic acids is 1. The molecule has 0 fully saturated rings. The van der Waals surface area contributed by atoms with Gasteiger partial charge in [-0.25, -0.2) is 0 Å².